The molecule has 0 bridgehead atoms. The van der Waals surface area contributed by atoms with E-state index in [0.717, 1.165) is 0 Å². The van der Waals surface area contributed by atoms with Gasteiger partial charge in [0, 0.05) is 13.0 Å². The molecule has 0 rings (SSSR count). The maximum atomic E-state index is 10.9. The molecule has 2 atom stereocenters. The number of hydrogen-bond donors (Lipinski definition) is 1. The van der Waals surface area contributed by atoms with Crippen LogP contribution in [0.2, 0.25) is 0 Å². The van der Waals surface area contributed by atoms with E-state index in [0.29, 0.717) is 18.8 Å². The molecule has 0 radical (unpaired) electrons. The number of carboxylic acid groups (broad SMARTS) is 1. The summed E-state index contributed by atoms with van der Waals surface area (Å²) in [5.41, 5.74) is 0.719. The van der Waals surface area contributed by atoms with E-state index in [-0.39, 0.29) is 30.7 Å². The van der Waals surface area contributed by atoms with Crippen LogP contribution in [0.15, 0.2) is 36.5 Å². The molecule has 0 heterocycles. The molecule has 0 aliphatic rings. The summed E-state index contributed by atoms with van der Waals surface area (Å²) in [6, 6.07) is 0. The highest BCUT2D eigenvalue weighted by Crippen LogP contribution is 2.21. The maximum Gasteiger partial charge on any atom is 0.307 e. The number of carbonyl (C=O) groups is 1. The quantitative estimate of drug-likeness (QED) is 0.253. The van der Waals surface area contributed by atoms with Crippen molar-refractivity contribution in [3.8, 4) is 0 Å². The molecule has 138 valence electrons. The predicted octanol–water partition coefficient (Wildman–Crippen LogP) is 3.82. The largest absolute Gasteiger partial charge is 0.481 e. The van der Waals surface area contributed by atoms with Gasteiger partial charge in [-0.3, -0.25) is 4.79 Å². The molecule has 1 N–H and O–H groups in total. The molecule has 0 amide bonds. The van der Waals surface area contributed by atoms with Crippen molar-refractivity contribution < 1.29 is 24.1 Å². The number of ether oxygens (including phenoxy) is 3. The van der Waals surface area contributed by atoms with Gasteiger partial charge in [0.1, 0.15) is 6.79 Å². The monoisotopic (exact) mass is 340 g/mol. The van der Waals surface area contributed by atoms with E-state index in [1.165, 1.54) is 0 Å². The van der Waals surface area contributed by atoms with Crippen LogP contribution in [0.3, 0.4) is 0 Å². The second-order valence-corrected chi connectivity index (χ2v) is 6.78. The Bertz CT molecular complexity index is 432. The Balaban J connectivity index is 4.74. The van der Waals surface area contributed by atoms with Crippen LogP contribution < -0.4 is 0 Å². The third kappa shape index (κ3) is 12.0. The van der Waals surface area contributed by atoms with Crippen molar-refractivity contribution in [3.05, 3.63) is 36.5 Å². The fourth-order valence-corrected chi connectivity index (χ4v) is 1.80. The van der Waals surface area contributed by atoms with Crippen LogP contribution in [-0.2, 0) is 19.0 Å². The summed E-state index contributed by atoms with van der Waals surface area (Å²) >= 11 is 0. The van der Waals surface area contributed by atoms with Crippen LogP contribution in [-0.4, -0.2) is 44.3 Å². The van der Waals surface area contributed by atoms with E-state index < -0.39 is 5.97 Å². The smallest absolute Gasteiger partial charge is 0.307 e. The number of aliphatic carboxylic acids is 1. The first kappa shape index (κ1) is 22.6. The number of carboxylic acids is 1. The number of allylic oxidation sites excluding steroid dienone is 3. The standard InChI is InChI=1S/C19H32O5/c1-15(13-18(20)21)16(2)17(24-14-23-12-11-22-6)9-7-8-10-19(3,4)5/h7-10,16-17H,1,11-14H2,2-6H3,(H,20,21)/b9-7+,10-8+/t16-,17-/m1/s1. The molecular formula is C19H32O5. The zero-order valence-corrected chi connectivity index (χ0v) is 15.6. The van der Waals surface area contributed by atoms with Gasteiger partial charge in [0.05, 0.1) is 25.7 Å². The Morgan fingerprint density at radius 2 is 1.92 bits per heavy atom. The molecule has 5 nitrogen and oxygen atoms in total. The molecule has 0 aromatic heterocycles. The van der Waals surface area contributed by atoms with Crippen LogP contribution in [0.5, 0.6) is 0 Å². The zero-order chi connectivity index (χ0) is 18.6. The lowest BCUT2D eigenvalue weighted by molar-refractivity contribution is -0.136. The van der Waals surface area contributed by atoms with Crippen LogP contribution in [0, 0.1) is 11.3 Å². The number of rotatable bonds is 12. The minimum Gasteiger partial charge on any atom is -0.481 e. The van der Waals surface area contributed by atoms with Crippen LogP contribution in [0.25, 0.3) is 0 Å². The van der Waals surface area contributed by atoms with E-state index in [2.05, 4.69) is 33.4 Å². The summed E-state index contributed by atoms with van der Waals surface area (Å²) in [5, 5.41) is 8.92. The summed E-state index contributed by atoms with van der Waals surface area (Å²) < 4.78 is 16.0. The molecule has 0 saturated heterocycles. The van der Waals surface area contributed by atoms with Gasteiger partial charge in [0.25, 0.3) is 0 Å². The van der Waals surface area contributed by atoms with Gasteiger partial charge in [-0.05, 0) is 5.41 Å². The third-order valence-electron chi connectivity index (χ3n) is 3.30. The minimum absolute atomic E-state index is 0.0722. The van der Waals surface area contributed by atoms with Gasteiger partial charge in [-0.2, -0.15) is 0 Å². The molecule has 5 heteroatoms. The van der Waals surface area contributed by atoms with E-state index in [1.54, 1.807) is 7.11 Å². The summed E-state index contributed by atoms with van der Waals surface area (Å²) in [5.74, 6) is -1.02. The third-order valence-corrected chi connectivity index (χ3v) is 3.30. The van der Waals surface area contributed by atoms with Gasteiger partial charge >= 0.3 is 5.97 Å². The predicted molar refractivity (Wildman–Crippen MR) is 95.9 cm³/mol. The average molecular weight is 340 g/mol. The van der Waals surface area contributed by atoms with Crippen molar-refractivity contribution in [1.82, 2.24) is 0 Å². The SMILES string of the molecule is C=C(CC(=O)O)[C@@H](C)[C@@H](/C=C/C=C/C(C)(C)C)OCOCCOC. The molecule has 0 fully saturated rings. The summed E-state index contributed by atoms with van der Waals surface area (Å²) in [7, 11) is 1.61. The van der Waals surface area contributed by atoms with Crippen LogP contribution in [0.1, 0.15) is 34.1 Å². The maximum absolute atomic E-state index is 10.9. The molecule has 0 aromatic carbocycles. The van der Waals surface area contributed by atoms with Gasteiger partial charge in [0.15, 0.2) is 0 Å². The van der Waals surface area contributed by atoms with Gasteiger partial charge < -0.3 is 19.3 Å². The van der Waals surface area contributed by atoms with Crippen molar-refractivity contribution in [1.29, 1.82) is 0 Å². The second-order valence-electron chi connectivity index (χ2n) is 6.78. The van der Waals surface area contributed by atoms with Crippen molar-refractivity contribution in [2.45, 2.75) is 40.2 Å². The molecule has 0 spiro atoms. The highest BCUT2D eigenvalue weighted by molar-refractivity contribution is 5.69. The highest BCUT2D eigenvalue weighted by atomic mass is 16.7. The van der Waals surface area contributed by atoms with Crippen molar-refractivity contribution in [2.24, 2.45) is 11.3 Å². The first-order chi connectivity index (χ1) is 11.2. The van der Waals surface area contributed by atoms with Gasteiger partial charge in [0.2, 0.25) is 0 Å². The van der Waals surface area contributed by atoms with Crippen molar-refractivity contribution in [2.75, 3.05) is 27.1 Å². The fraction of sp³-hybridized carbons (Fsp3) is 0.632. The zero-order valence-electron chi connectivity index (χ0n) is 15.6. The first-order valence-corrected chi connectivity index (χ1v) is 8.11. The molecule has 24 heavy (non-hydrogen) atoms. The Labute approximate surface area is 146 Å². The van der Waals surface area contributed by atoms with E-state index in [4.69, 9.17) is 19.3 Å². The lowest BCUT2D eigenvalue weighted by Gasteiger charge is -2.23. The number of methoxy groups -OCH3 is 1. The molecule has 0 aliphatic heterocycles. The van der Waals surface area contributed by atoms with Gasteiger partial charge in [-0.25, -0.2) is 0 Å². The molecule has 0 aromatic rings. The highest BCUT2D eigenvalue weighted by Gasteiger charge is 2.19. The Hall–Kier alpha value is -1.43. The summed E-state index contributed by atoms with van der Waals surface area (Å²) in [4.78, 5) is 10.9. The topological polar surface area (TPSA) is 65.0 Å². The van der Waals surface area contributed by atoms with Gasteiger partial charge in [-0.15, -0.1) is 0 Å². The molecule has 0 aliphatic carbocycles. The minimum atomic E-state index is -0.890. The Kier molecular flexibility index (Phi) is 11.3. The van der Waals surface area contributed by atoms with E-state index in [9.17, 15) is 4.79 Å². The first-order valence-electron chi connectivity index (χ1n) is 8.11. The lowest BCUT2D eigenvalue weighted by Crippen LogP contribution is -2.24. The lowest BCUT2D eigenvalue weighted by atomic mass is 9.93. The Morgan fingerprint density at radius 3 is 2.46 bits per heavy atom. The van der Waals surface area contributed by atoms with Crippen molar-refractivity contribution in [3.63, 3.8) is 0 Å². The Morgan fingerprint density at radius 1 is 1.25 bits per heavy atom. The average Bonchev–Trinajstić information content (AvgIpc) is 2.46. The fourth-order valence-electron chi connectivity index (χ4n) is 1.80. The molecule has 0 unspecified atom stereocenters. The van der Waals surface area contributed by atoms with E-state index >= 15 is 0 Å². The molecular weight excluding hydrogens is 308 g/mol. The summed E-state index contributed by atoms with van der Waals surface area (Å²) in [6.07, 6.45) is 7.50. The van der Waals surface area contributed by atoms with Gasteiger partial charge in [-0.1, -0.05) is 64.2 Å². The normalized spacial score (nSPS) is 15.0. The van der Waals surface area contributed by atoms with E-state index in [1.807, 2.05) is 25.2 Å². The van der Waals surface area contributed by atoms with Crippen molar-refractivity contribution >= 4 is 5.97 Å². The van der Waals surface area contributed by atoms with Crippen LogP contribution >= 0.6 is 0 Å². The second kappa shape index (κ2) is 12.0. The van der Waals surface area contributed by atoms with Crippen LogP contribution in [0.4, 0.5) is 0 Å². The summed E-state index contributed by atoms with van der Waals surface area (Å²) in [6.45, 7) is 13.2. The number of hydrogen-bond acceptors (Lipinski definition) is 4. The molecule has 0 saturated carbocycles.